The van der Waals surface area contributed by atoms with E-state index in [-0.39, 0.29) is 18.8 Å². The first kappa shape index (κ1) is 24.6. The van der Waals surface area contributed by atoms with Crippen LogP contribution in [-0.4, -0.2) is 49.8 Å². The van der Waals surface area contributed by atoms with E-state index in [1.807, 2.05) is 55.5 Å². The van der Waals surface area contributed by atoms with Crippen LogP contribution >= 0.6 is 0 Å². The molecule has 0 aliphatic heterocycles. The van der Waals surface area contributed by atoms with Crippen molar-refractivity contribution in [3.8, 4) is 11.5 Å². The molecule has 0 unspecified atom stereocenters. The highest BCUT2D eigenvalue weighted by Crippen LogP contribution is 2.23. The van der Waals surface area contributed by atoms with Gasteiger partial charge in [0.25, 0.3) is 0 Å². The standard InChI is InChI=1S/C24H29N3O5S/c1-18-13-25-24(26-14-18)23(32-4)17-33(28,29)27(15-19-5-9-21(30-2)10-6-19)16-20-7-11-22(31-3)12-8-20/h5-14,23H,15-17H2,1-4H3/t23-/m1/s1. The van der Waals surface area contributed by atoms with E-state index in [1.54, 1.807) is 26.6 Å². The molecule has 2 aromatic carbocycles. The minimum absolute atomic E-state index is 0.198. The van der Waals surface area contributed by atoms with Gasteiger partial charge in [-0.3, -0.25) is 0 Å². The third kappa shape index (κ3) is 6.74. The Morgan fingerprint density at radius 3 is 1.67 bits per heavy atom. The van der Waals surface area contributed by atoms with Gasteiger partial charge in [-0.05, 0) is 47.9 Å². The number of hydrogen-bond acceptors (Lipinski definition) is 7. The Balaban J connectivity index is 1.87. The van der Waals surface area contributed by atoms with Gasteiger partial charge in [-0.1, -0.05) is 24.3 Å². The third-order valence-corrected chi connectivity index (χ3v) is 6.93. The average molecular weight is 472 g/mol. The molecule has 3 rings (SSSR count). The number of sulfonamides is 1. The van der Waals surface area contributed by atoms with Crippen molar-refractivity contribution in [3.05, 3.63) is 83.4 Å². The maximum atomic E-state index is 13.5. The summed E-state index contributed by atoms with van der Waals surface area (Å²) in [5.74, 6) is 1.47. The van der Waals surface area contributed by atoms with Crippen molar-refractivity contribution < 1.29 is 22.6 Å². The number of aromatic nitrogens is 2. The van der Waals surface area contributed by atoms with E-state index < -0.39 is 16.1 Å². The first-order valence-electron chi connectivity index (χ1n) is 10.4. The van der Waals surface area contributed by atoms with Crippen molar-refractivity contribution in [2.45, 2.75) is 26.1 Å². The first-order valence-corrected chi connectivity index (χ1v) is 12.0. The Morgan fingerprint density at radius 2 is 1.27 bits per heavy atom. The molecule has 1 heterocycles. The number of hydrogen-bond donors (Lipinski definition) is 0. The van der Waals surface area contributed by atoms with Gasteiger partial charge in [0.2, 0.25) is 10.0 Å². The molecule has 176 valence electrons. The van der Waals surface area contributed by atoms with Crippen molar-refractivity contribution in [3.63, 3.8) is 0 Å². The molecular formula is C24H29N3O5S. The first-order chi connectivity index (χ1) is 15.8. The van der Waals surface area contributed by atoms with Crippen molar-refractivity contribution in [1.82, 2.24) is 14.3 Å². The lowest BCUT2D eigenvalue weighted by Gasteiger charge is -2.25. The molecular weight excluding hydrogens is 442 g/mol. The summed E-state index contributed by atoms with van der Waals surface area (Å²) in [4.78, 5) is 8.50. The number of rotatable bonds is 11. The molecule has 0 fully saturated rings. The van der Waals surface area contributed by atoms with E-state index in [9.17, 15) is 8.42 Å². The summed E-state index contributed by atoms with van der Waals surface area (Å²) in [6.45, 7) is 2.26. The highest BCUT2D eigenvalue weighted by atomic mass is 32.2. The Morgan fingerprint density at radius 1 is 0.818 bits per heavy atom. The zero-order valence-corrected chi connectivity index (χ0v) is 20.1. The Bertz CT molecular complexity index is 1070. The summed E-state index contributed by atoms with van der Waals surface area (Å²) < 4.78 is 44.4. The van der Waals surface area contributed by atoms with Gasteiger partial charge in [-0.15, -0.1) is 0 Å². The highest BCUT2D eigenvalue weighted by molar-refractivity contribution is 7.89. The van der Waals surface area contributed by atoms with Gasteiger partial charge in [0.15, 0.2) is 5.82 Å². The zero-order valence-electron chi connectivity index (χ0n) is 19.3. The lowest BCUT2D eigenvalue weighted by Crippen LogP contribution is -2.34. The Labute approximate surface area is 195 Å². The van der Waals surface area contributed by atoms with Crippen LogP contribution in [-0.2, 0) is 27.8 Å². The van der Waals surface area contributed by atoms with Crippen LogP contribution in [0.4, 0.5) is 0 Å². The summed E-state index contributed by atoms with van der Waals surface area (Å²) in [6.07, 6.45) is 2.51. The molecule has 0 saturated carbocycles. The second-order valence-corrected chi connectivity index (χ2v) is 9.60. The molecule has 0 amide bonds. The molecule has 0 aliphatic carbocycles. The SMILES string of the molecule is COc1ccc(CN(Cc2ccc(OC)cc2)S(=O)(=O)C[C@@H](OC)c2ncc(C)cn2)cc1. The van der Waals surface area contributed by atoms with Crippen LogP contribution in [0, 0.1) is 6.92 Å². The predicted molar refractivity (Wildman–Crippen MR) is 126 cm³/mol. The van der Waals surface area contributed by atoms with Crippen LogP contribution in [0.1, 0.15) is 28.6 Å². The minimum Gasteiger partial charge on any atom is -0.497 e. The molecule has 1 atom stereocenters. The van der Waals surface area contributed by atoms with E-state index in [1.165, 1.54) is 11.4 Å². The van der Waals surface area contributed by atoms with E-state index >= 15 is 0 Å². The van der Waals surface area contributed by atoms with Crippen LogP contribution in [0.25, 0.3) is 0 Å². The van der Waals surface area contributed by atoms with Crippen molar-refractivity contribution in [2.24, 2.45) is 0 Å². The quantitative estimate of drug-likeness (QED) is 0.423. The maximum Gasteiger partial charge on any atom is 0.217 e. The molecule has 3 aromatic rings. The van der Waals surface area contributed by atoms with Gasteiger partial charge in [-0.2, -0.15) is 4.31 Å². The summed E-state index contributed by atoms with van der Waals surface area (Å²) >= 11 is 0. The number of aryl methyl sites for hydroxylation is 1. The molecule has 0 spiro atoms. The molecule has 0 saturated heterocycles. The van der Waals surface area contributed by atoms with Gasteiger partial charge in [0, 0.05) is 32.6 Å². The molecule has 0 N–H and O–H groups in total. The van der Waals surface area contributed by atoms with Gasteiger partial charge in [-0.25, -0.2) is 18.4 Å². The number of nitrogens with zero attached hydrogens (tertiary/aromatic N) is 3. The van der Waals surface area contributed by atoms with Crippen LogP contribution in [0.15, 0.2) is 60.9 Å². The topological polar surface area (TPSA) is 90.9 Å². The Kier molecular flexibility index (Phi) is 8.37. The molecule has 0 aliphatic rings. The van der Waals surface area contributed by atoms with Crippen LogP contribution in [0.2, 0.25) is 0 Å². The molecule has 9 heteroatoms. The average Bonchev–Trinajstić information content (AvgIpc) is 2.83. The maximum absolute atomic E-state index is 13.5. The van der Waals surface area contributed by atoms with E-state index in [0.29, 0.717) is 17.3 Å². The summed E-state index contributed by atoms with van der Waals surface area (Å²) in [6, 6.07) is 14.7. The fourth-order valence-corrected chi connectivity index (χ4v) is 4.81. The van der Waals surface area contributed by atoms with Crippen LogP contribution in [0.3, 0.4) is 0 Å². The number of methoxy groups -OCH3 is 3. The van der Waals surface area contributed by atoms with E-state index in [4.69, 9.17) is 14.2 Å². The Hall–Kier alpha value is -3.01. The van der Waals surface area contributed by atoms with Gasteiger partial charge in [0.1, 0.15) is 17.6 Å². The van der Waals surface area contributed by atoms with Gasteiger partial charge >= 0.3 is 0 Å². The summed E-state index contributed by atoms with van der Waals surface area (Å²) in [7, 11) is 0.887. The minimum atomic E-state index is -3.75. The fraction of sp³-hybridized carbons (Fsp3) is 0.333. The molecule has 0 bridgehead atoms. The second kappa shape index (κ2) is 11.2. The largest absolute Gasteiger partial charge is 0.497 e. The summed E-state index contributed by atoms with van der Waals surface area (Å²) in [5.41, 5.74) is 2.57. The normalized spacial score (nSPS) is 12.5. The second-order valence-electron chi connectivity index (χ2n) is 7.59. The van der Waals surface area contributed by atoms with Crippen molar-refractivity contribution >= 4 is 10.0 Å². The lowest BCUT2D eigenvalue weighted by atomic mass is 10.2. The monoisotopic (exact) mass is 471 g/mol. The van der Waals surface area contributed by atoms with Crippen molar-refractivity contribution in [2.75, 3.05) is 27.1 Å². The lowest BCUT2D eigenvalue weighted by molar-refractivity contribution is 0.113. The van der Waals surface area contributed by atoms with Gasteiger partial charge < -0.3 is 14.2 Å². The molecule has 8 nitrogen and oxygen atoms in total. The highest BCUT2D eigenvalue weighted by Gasteiger charge is 2.29. The fourth-order valence-electron chi connectivity index (χ4n) is 3.24. The van der Waals surface area contributed by atoms with Crippen LogP contribution in [0.5, 0.6) is 11.5 Å². The predicted octanol–water partition coefficient (Wildman–Crippen LogP) is 3.52. The number of ether oxygens (including phenoxy) is 3. The number of benzene rings is 2. The van der Waals surface area contributed by atoms with Gasteiger partial charge in [0.05, 0.1) is 20.0 Å². The zero-order chi connectivity index (χ0) is 23.8. The molecule has 33 heavy (non-hydrogen) atoms. The smallest absolute Gasteiger partial charge is 0.217 e. The summed E-state index contributed by atoms with van der Waals surface area (Å²) in [5, 5.41) is 0. The van der Waals surface area contributed by atoms with E-state index in [0.717, 1.165) is 16.7 Å². The van der Waals surface area contributed by atoms with E-state index in [2.05, 4.69) is 9.97 Å². The van der Waals surface area contributed by atoms with Crippen LogP contribution < -0.4 is 9.47 Å². The van der Waals surface area contributed by atoms with Crippen molar-refractivity contribution in [1.29, 1.82) is 0 Å². The molecule has 1 aromatic heterocycles. The molecule has 0 radical (unpaired) electrons. The third-order valence-electron chi connectivity index (χ3n) is 5.16.